The van der Waals surface area contributed by atoms with Crippen LogP contribution in [0, 0.1) is 10.1 Å². The molecule has 9 heteroatoms. The smallest absolute Gasteiger partial charge is 0.288 e. The Morgan fingerprint density at radius 2 is 2.00 bits per heavy atom. The van der Waals surface area contributed by atoms with Gasteiger partial charge in [0, 0.05) is 17.2 Å². The Morgan fingerprint density at radius 3 is 2.69 bits per heavy atom. The van der Waals surface area contributed by atoms with Gasteiger partial charge >= 0.3 is 0 Å². The van der Waals surface area contributed by atoms with Crippen LogP contribution in [0.25, 0.3) is 11.3 Å². The maximum atomic E-state index is 12.1. The number of hydrazone groups is 1. The molecule has 1 heterocycles. The van der Waals surface area contributed by atoms with Gasteiger partial charge in [-0.25, -0.2) is 5.43 Å². The van der Waals surface area contributed by atoms with Crippen LogP contribution in [0.1, 0.15) is 23.0 Å². The highest BCUT2D eigenvalue weighted by atomic mass is 35.5. The molecule has 0 bridgehead atoms. The number of nitrogens with one attached hydrogen (secondary N) is 1. The lowest BCUT2D eigenvalue weighted by Gasteiger charge is -2.03. The van der Waals surface area contributed by atoms with Gasteiger partial charge in [0.2, 0.25) is 0 Å². The zero-order valence-electron chi connectivity index (χ0n) is 15.3. The van der Waals surface area contributed by atoms with E-state index in [2.05, 4.69) is 10.5 Å². The maximum Gasteiger partial charge on any atom is 0.288 e. The molecule has 0 atom stereocenters. The van der Waals surface area contributed by atoms with Crippen molar-refractivity contribution in [2.24, 2.45) is 5.10 Å². The van der Waals surface area contributed by atoms with Crippen LogP contribution in [0.2, 0.25) is 5.02 Å². The Balaban J connectivity index is 1.65. The molecular weight excluding hydrogens is 398 g/mol. The molecule has 0 aliphatic heterocycles. The van der Waals surface area contributed by atoms with Gasteiger partial charge in [0.1, 0.15) is 22.3 Å². The van der Waals surface area contributed by atoms with Crippen molar-refractivity contribution in [2.45, 2.75) is 6.92 Å². The van der Waals surface area contributed by atoms with Crippen molar-refractivity contribution < 1.29 is 18.9 Å². The summed E-state index contributed by atoms with van der Waals surface area (Å²) in [4.78, 5) is 22.5. The molecule has 0 unspecified atom stereocenters. The number of hydrogen-bond acceptors (Lipinski definition) is 6. The molecule has 0 spiro atoms. The number of nitrogens with zero attached hydrogens (tertiary/aromatic N) is 2. The molecule has 148 valence electrons. The third-order valence-electron chi connectivity index (χ3n) is 3.84. The highest BCUT2D eigenvalue weighted by Gasteiger charge is 2.15. The van der Waals surface area contributed by atoms with Crippen LogP contribution in [-0.2, 0) is 0 Å². The molecule has 0 radical (unpaired) electrons. The number of hydrogen-bond donors (Lipinski definition) is 1. The van der Waals surface area contributed by atoms with E-state index in [0.717, 1.165) is 0 Å². The summed E-state index contributed by atoms with van der Waals surface area (Å²) >= 11 is 5.82. The summed E-state index contributed by atoms with van der Waals surface area (Å²) in [5.74, 6) is 1.07. The molecule has 1 aromatic heterocycles. The second kappa shape index (κ2) is 9.03. The van der Waals surface area contributed by atoms with Crippen molar-refractivity contribution in [1.82, 2.24) is 5.43 Å². The quantitative estimate of drug-likeness (QED) is 0.344. The second-order valence-corrected chi connectivity index (χ2v) is 6.19. The Kier molecular flexibility index (Phi) is 6.25. The van der Waals surface area contributed by atoms with Gasteiger partial charge in [-0.2, -0.15) is 5.10 Å². The second-order valence-electron chi connectivity index (χ2n) is 5.78. The average molecular weight is 414 g/mol. The Morgan fingerprint density at radius 1 is 1.24 bits per heavy atom. The molecule has 0 aliphatic rings. The molecule has 3 aromatic rings. The van der Waals surface area contributed by atoms with Gasteiger partial charge in [-0.3, -0.25) is 14.9 Å². The van der Waals surface area contributed by atoms with E-state index in [1.807, 2.05) is 6.92 Å². The molecular formula is C20H16ClN3O5. The zero-order valence-corrected chi connectivity index (χ0v) is 16.1. The minimum atomic E-state index is -0.562. The normalized spacial score (nSPS) is 10.8. The molecule has 0 aliphatic carbocycles. The van der Waals surface area contributed by atoms with E-state index in [9.17, 15) is 14.9 Å². The number of ether oxygens (including phenoxy) is 1. The van der Waals surface area contributed by atoms with E-state index in [-0.39, 0.29) is 16.6 Å². The number of halogens is 1. The maximum absolute atomic E-state index is 12.1. The summed E-state index contributed by atoms with van der Waals surface area (Å²) in [6, 6.07) is 14.3. The Hall–Kier alpha value is -3.65. The van der Waals surface area contributed by atoms with Crippen LogP contribution < -0.4 is 10.2 Å². The number of furan rings is 1. The topological polar surface area (TPSA) is 107 Å². The molecule has 8 nitrogen and oxygen atoms in total. The lowest BCUT2D eigenvalue weighted by atomic mass is 10.1. The molecule has 29 heavy (non-hydrogen) atoms. The zero-order chi connectivity index (χ0) is 20.8. The number of nitro benzene ring substituents is 1. The molecule has 2 aromatic carbocycles. The third-order valence-corrected chi connectivity index (χ3v) is 4.16. The number of nitro groups is 1. The monoisotopic (exact) mass is 413 g/mol. The van der Waals surface area contributed by atoms with Crippen molar-refractivity contribution >= 4 is 29.4 Å². The number of amides is 1. The highest BCUT2D eigenvalue weighted by molar-refractivity contribution is 6.32. The number of carbonyl (C=O) groups excluding carboxylic acids is 1. The number of rotatable bonds is 7. The van der Waals surface area contributed by atoms with E-state index >= 15 is 0 Å². The third kappa shape index (κ3) is 4.99. The highest BCUT2D eigenvalue weighted by Crippen LogP contribution is 2.31. The molecule has 0 saturated carbocycles. The summed E-state index contributed by atoms with van der Waals surface area (Å²) in [5, 5.41) is 14.9. The fraction of sp³-hybridized carbons (Fsp3) is 0.100. The van der Waals surface area contributed by atoms with Crippen molar-refractivity contribution in [2.75, 3.05) is 6.61 Å². The summed E-state index contributed by atoms with van der Waals surface area (Å²) in [7, 11) is 0. The van der Waals surface area contributed by atoms with Gasteiger partial charge < -0.3 is 9.15 Å². The first-order valence-corrected chi connectivity index (χ1v) is 8.96. The fourth-order valence-electron chi connectivity index (χ4n) is 2.47. The van der Waals surface area contributed by atoms with Gasteiger partial charge in [-0.15, -0.1) is 0 Å². The lowest BCUT2D eigenvalue weighted by Crippen LogP contribution is -2.17. The predicted molar refractivity (Wildman–Crippen MR) is 108 cm³/mol. The van der Waals surface area contributed by atoms with E-state index in [1.165, 1.54) is 18.3 Å². The molecule has 1 N–H and O–H groups in total. The first-order valence-electron chi connectivity index (χ1n) is 8.58. The van der Waals surface area contributed by atoms with Gasteiger partial charge in [-0.1, -0.05) is 11.6 Å². The van der Waals surface area contributed by atoms with Gasteiger partial charge in [0.15, 0.2) is 0 Å². The van der Waals surface area contributed by atoms with Crippen molar-refractivity contribution in [1.29, 1.82) is 0 Å². The molecule has 3 rings (SSSR count). The SMILES string of the molecule is CCOc1ccc(C(=O)N/N=C\c2ccc(-c3ccc(Cl)c([N+](=O)[O-])c3)o2)cc1. The molecule has 0 saturated heterocycles. The first kappa shape index (κ1) is 20.1. The minimum absolute atomic E-state index is 0.0455. The predicted octanol–water partition coefficient (Wildman–Crippen LogP) is 4.67. The van der Waals surface area contributed by atoms with Gasteiger partial charge in [0.05, 0.1) is 17.7 Å². The summed E-state index contributed by atoms with van der Waals surface area (Å²) in [6.07, 6.45) is 1.33. The Bertz CT molecular complexity index is 1060. The number of carbonyl (C=O) groups is 1. The van der Waals surface area contributed by atoms with Crippen LogP contribution in [0.4, 0.5) is 5.69 Å². The van der Waals surface area contributed by atoms with E-state index in [0.29, 0.717) is 35.0 Å². The summed E-state index contributed by atoms with van der Waals surface area (Å²) in [5.41, 5.74) is 3.12. The van der Waals surface area contributed by atoms with Gasteiger partial charge in [0.25, 0.3) is 11.6 Å². The molecule has 1 amide bonds. The summed E-state index contributed by atoms with van der Waals surface area (Å²) < 4.78 is 10.9. The van der Waals surface area contributed by atoms with Crippen molar-refractivity contribution in [3.63, 3.8) is 0 Å². The van der Waals surface area contributed by atoms with Crippen LogP contribution in [-0.4, -0.2) is 23.7 Å². The van der Waals surface area contributed by atoms with Crippen LogP contribution >= 0.6 is 11.6 Å². The van der Waals surface area contributed by atoms with Gasteiger partial charge in [-0.05, 0) is 55.5 Å². The fourth-order valence-corrected chi connectivity index (χ4v) is 2.66. The first-order chi connectivity index (χ1) is 14.0. The van der Waals surface area contributed by atoms with E-state index in [4.69, 9.17) is 20.8 Å². The Labute approximate surface area is 170 Å². The van der Waals surface area contributed by atoms with Crippen LogP contribution in [0.3, 0.4) is 0 Å². The van der Waals surface area contributed by atoms with Crippen LogP contribution in [0.15, 0.2) is 64.1 Å². The molecule has 0 fully saturated rings. The minimum Gasteiger partial charge on any atom is -0.494 e. The number of benzene rings is 2. The average Bonchev–Trinajstić information content (AvgIpc) is 3.18. The van der Waals surface area contributed by atoms with Crippen LogP contribution in [0.5, 0.6) is 5.75 Å². The van der Waals surface area contributed by atoms with E-state index < -0.39 is 4.92 Å². The standard InChI is InChI=1S/C20H16ClN3O5/c1-2-28-15-6-3-13(4-7-15)20(25)23-22-12-16-8-10-19(29-16)14-5-9-17(21)18(11-14)24(26)27/h3-12H,2H2,1H3,(H,23,25)/b22-12-. The lowest BCUT2D eigenvalue weighted by molar-refractivity contribution is -0.384. The van der Waals surface area contributed by atoms with Crippen molar-refractivity contribution in [3.8, 4) is 17.1 Å². The summed E-state index contributed by atoms with van der Waals surface area (Å²) in [6.45, 7) is 2.42. The largest absolute Gasteiger partial charge is 0.494 e. The van der Waals surface area contributed by atoms with Crippen molar-refractivity contribution in [3.05, 3.63) is 81.1 Å². The van der Waals surface area contributed by atoms with E-state index in [1.54, 1.807) is 42.5 Å².